The van der Waals surface area contributed by atoms with Crippen molar-refractivity contribution in [2.75, 3.05) is 13.1 Å². The van der Waals surface area contributed by atoms with Crippen LogP contribution in [0.1, 0.15) is 45.4 Å². The van der Waals surface area contributed by atoms with Gasteiger partial charge in [-0.3, -0.25) is 9.59 Å². The lowest BCUT2D eigenvalue weighted by atomic mass is 9.87. The smallest absolute Gasteiger partial charge is 0.225 e. The van der Waals surface area contributed by atoms with Crippen molar-refractivity contribution < 1.29 is 9.59 Å². The van der Waals surface area contributed by atoms with Crippen molar-refractivity contribution in [1.82, 2.24) is 19.8 Å². The van der Waals surface area contributed by atoms with E-state index in [1.165, 1.54) is 12.8 Å². The van der Waals surface area contributed by atoms with Crippen LogP contribution < -0.4 is 5.32 Å². The van der Waals surface area contributed by atoms with Crippen molar-refractivity contribution in [2.24, 2.45) is 11.8 Å². The molecule has 2 amide bonds. The Morgan fingerprint density at radius 3 is 2.83 bits per heavy atom. The number of nitrogens with one attached hydrogen (secondary N) is 1. The van der Waals surface area contributed by atoms with E-state index < -0.39 is 0 Å². The van der Waals surface area contributed by atoms with E-state index in [-0.39, 0.29) is 17.7 Å². The molecule has 0 bridgehead atoms. The van der Waals surface area contributed by atoms with Gasteiger partial charge >= 0.3 is 0 Å². The molecule has 0 spiro atoms. The first-order valence-electron chi connectivity index (χ1n) is 9.16. The third kappa shape index (κ3) is 4.16. The molecule has 2 heterocycles. The van der Waals surface area contributed by atoms with Crippen molar-refractivity contribution >= 4 is 11.8 Å². The Morgan fingerprint density at radius 1 is 1.33 bits per heavy atom. The Labute approximate surface area is 143 Å². The predicted molar refractivity (Wildman–Crippen MR) is 91.1 cm³/mol. The summed E-state index contributed by atoms with van der Waals surface area (Å²) in [5, 5.41) is 2.99. The number of carbonyl (C=O) groups is 2. The second-order valence-corrected chi connectivity index (χ2v) is 7.31. The maximum absolute atomic E-state index is 12.3. The summed E-state index contributed by atoms with van der Waals surface area (Å²) in [6.07, 6.45) is 11.3. The minimum atomic E-state index is -0.176. The molecule has 6 heteroatoms. The maximum Gasteiger partial charge on any atom is 0.225 e. The minimum Gasteiger partial charge on any atom is -0.356 e. The van der Waals surface area contributed by atoms with Crippen LogP contribution in [-0.4, -0.2) is 45.4 Å². The summed E-state index contributed by atoms with van der Waals surface area (Å²) in [6.45, 7) is 4.37. The van der Waals surface area contributed by atoms with Gasteiger partial charge in [-0.25, -0.2) is 4.98 Å². The van der Waals surface area contributed by atoms with E-state index >= 15 is 0 Å². The third-order valence-corrected chi connectivity index (χ3v) is 5.41. The molecule has 1 atom stereocenters. The van der Waals surface area contributed by atoms with Crippen LogP contribution in [0.25, 0.3) is 0 Å². The molecule has 1 unspecified atom stereocenters. The second-order valence-electron chi connectivity index (χ2n) is 7.31. The van der Waals surface area contributed by atoms with Crippen LogP contribution >= 0.6 is 0 Å². The average molecular weight is 332 g/mol. The number of nitrogens with zero attached hydrogens (tertiary/aromatic N) is 3. The fraction of sp³-hybridized carbons (Fsp3) is 0.722. The molecule has 1 saturated carbocycles. The zero-order valence-corrected chi connectivity index (χ0v) is 14.5. The lowest BCUT2D eigenvalue weighted by molar-refractivity contribution is -0.130. The van der Waals surface area contributed by atoms with Crippen molar-refractivity contribution in [3.05, 3.63) is 18.7 Å². The summed E-state index contributed by atoms with van der Waals surface area (Å²) < 4.78 is 2.00. The molecule has 1 aliphatic carbocycles. The summed E-state index contributed by atoms with van der Waals surface area (Å²) in [4.78, 5) is 30.6. The lowest BCUT2D eigenvalue weighted by Gasteiger charge is -2.33. The number of rotatable bonds is 6. The fourth-order valence-electron chi connectivity index (χ4n) is 3.85. The Morgan fingerprint density at radius 2 is 2.12 bits per heavy atom. The van der Waals surface area contributed by atoms with Crippen LogP contribution in [0.3, 0.4) is 0 Å². The van der Waals surface area contributed by atoms with E-state index in [0.29, 0.717) is 25.6 Å². The van der Waals surface area contributed by atoms with Gasteiger partial charge < -0.3 is 14.8 Å². The summed E-state index contributed by atoms with van der Waals surface area (Å²) in [7, 11) is 0. The number of hydrogen-bond donors (Lipinski definition) is 1. The first-order valence-corrected chi connectivity index (χ1v) is 9.16. The highest BCUT2D eigenvalue weighted by Gasteiger charge is 2.38. The summed E-state index contributed by atoms with van der Waals surface area (Å²) in [6, 6.07) is 0.354. The molecular formula is C18H28N4O2. The topological polar surface area (TPSA) is 67.2 Å². The van der Waals surface area contributed by atoms with E-state index in [4.69, 9.17) is 0 Å². The lowest BCUT2D eigenvalue weighted by Crippen LogP contribution is -2.40. The van der Waals surface area contributed by atoms with Crippen LogP contribution in [0, 0.1) is 11.8 Å². The van der Waals surface area contributed by atoms with Gasteiger partial charge in [-0.1, -0.05) is 6.92 Å². The van der Waals surface area contributed by atoms with Gasteiger partial charge in [0.2, 0.25) is 11.8 Å². The number of amides is 2. The number of likely N-dealkylation sites (tertiary alicyclic amines) is 1. The number of imidazole rings is 1. The Hall–Kier alpha value is -1.85. The number of carbonyl (C=O) groups excluding carboxylic acids is 2. The molecule has 1 N–H and O–H groups in total. The van der Waals surface area contributed by atoms with Gasteiger partial charge in [-0.15, -0.1) is 0 Å². The molecule has 0 radical (unpaired) electrons. The van der Waals surface area contributed by atoms with E-state index in [1.807, 2.05) is 15.7 Å². The number of hydrogen-bond acceptors (Lipinski definition) is 3. The molecule has 3 rings (SSSR count). The molecule has 132 valence electrons. The van der Waals surface area contributed by atoms with Gasteiger partial charge in [0.25, 0.3) is 0 Å². The Bertz CT molecular complexity index is 549. The third-order valence-electron chi connectivity index (χ3n) is 5.41. The zero-order chi connectivity index (χ0) is 16.9. The van der Waals surface area contributed by atoms with Gasteiger partial charge in [-0.05, 0) is 38.0 Å². The monoisotopic (exact) mass is 332 g/mol. The van der Waals surface area contributed by atoms with Crippen molar-refractivity contribution in [1.29, 1.82) is 0 Å². The van der Waals surface area contributed by atoms with Crippen LogP contribution in [0.4, 0.5) is 0 Å². The minimum absolute atomic E-state index is 0.0284. The molecule has 2 aliphatic rings. The summed E-state index contributed by atoms with van der Waals surface area (Å²) in [5.41, 5.74) is 0. The summed E-state index contributed by atoms with van der Waals surface area (Å²) in [5.74, 6) is 0.785. The van der Waals surface area contributed by atoms with Crippen molar-refractivity contribution in [3.8, 4) is 0 Å². The number of aromatic nitrogens is 2. The van der Waals surface area contributed by atoms with Gasteiger partial charge in [0.15, 0.2) is 0 Å². The largest absolute Gasteiger partial charge is 0.356 e. The van der Waals surface area contributed by atoms with E-state index in [2.05, 4.69) is 17.2 Å². The highest BCUT2D eigenvalue weighted by molar-refractivity contribution is 5.89. The predicted octanol–water partition coefficient (Wildman–Crippen LogP) is 1.82. The molecule has 2 fully saturated rings. The zero-order valence-electron chi connectivity index (χ0n) is 14.5. The van der Waals surface area contributed by atoms with Crippen LogP contribution in [0.15, 0.2) is 18.7 Å². The molecule has 24 heavy (non-hydrogen) atoms. The van der Waals surface area contributed by atoms with Crippen molar-refractivity contribution in [3.63, 3.8) is 0 Å². The first kappa shape index (κ1) is 17.0. The normalized spacial score (nSPS) is 27.5. The number of aryl methyl sites for hydroxylation is 1. The van der Waals surface area contributed by atoms with Gasteiger partial charge in [-0.2, -0.15) is 0 Å². The average Bonchev–Trinajstić information content (AvgIpc) is 3.22. The first-order chi connectivity index (χ1) is 11.6. The molecule has 6 nitrogen and oxygen atoms in total. The van der Waals surface area contributed by atoms with E-state index in [9.17, 15) is 9.59 Å². The molecule has 1 aromatic rings. The van der Waals surface area contributed by atoms with Crippen LogP contribution in [0.5, 0.6) is 0 Å². The summed E-state index contributed by atoms with van der Waals surface area (Å²) >= 11 is 0. The molecule has 1 aliphatic heterocycles. The second kappa shape index (κ2) is 7.81. The fourth-order valence-corrected chi connectivity index (χ4v) is 3.85. The van der Waals surface area contributed by atoms with Gasteiger partial charge in [0, 0.05) is 44.5 Å². The Kier molecular flexibility index (Phi) is 5.53. The maximum atomic E-state index is 12.3. The molecule has 1 saturated heterocycles. The molecule has 1 aromatic heterocycles. The van der Waals surface area contributed by atoms with E-state index in [1.54, 1.807) is 12.5 Å². The SMILES string of the molecule is CC1CCC(N2CC(C(=O)NCCCn3ccnc3)CC2=O)CC1. The van der Waals surface area contributed by atoms with Crippen molar-refractivity contribution in [2.45, 2.75) is 58.0 Å². The standard InChI is InChI=1S/C18H28N4O2/c1-14-3-5-16(6-4-14)22-12-15(11-17(22)23)18(24)20-7-2-9-21-10-8-19-13-21/h8,10,13-16H,2-7,9,11-12H2,1H3,(H,20,24). The van der Waals surface area contributed by atoms with E-state index in [0.717, 1.165) is 31.7 Å². The molecule has 0 aromatic carbocycles. The molecular weight excluding hydrogens is 304 g/mol. The van der Waals surface area contributed by atoms with Gasteiger partial charge in [0.05, 0.1) is 12.2 Å². The van der Waals surface area contributed by atoms with Crippen LogP contribution in [0.2, 0.25) is 0 Å². The highest BCUT2D eigenvalue weighted by atomic mass is 16.2. The quantitative estimate of drug-likeness (QED) is 0.808. The highest BCUT2D eigenvalue weighted by Crippen LogP contribution is 2.31. The Balaban J connectivity index is 1.40. The van der Waals surface area contributed by atoms with Crippen LogP contribution in [-0.2, 0) is 16.1 Å². The van der Waals surface area contributed by atoms with Gasteiger partial charge in [0.1, 0.15) is 0 Å².